The van der Waals surface area contributed by atoms with Crippen LogP contribution in [-0.4, -0.2) is 35.6 Å². The van der Waals surface area contributed by atoms with Crippen molar-refractivity contribution in [2.45, 2.75) is 32.7 Å². The first kappa shape index (κ1) is 12.2. The van der Waals surface area contributed by atoms with Gasteiger partial charge in [-0.05, 0) is 37.9 Å². The summed E-state index contributed by atoms with van der Waals surface area (Å²) in [5, 5.41) is 3.35. The molecule has 0 aromatic carbocycles. The van der Waals surface area contributed by atoms with Crippen molar-refractivity contribution in [3.63, 3.8) is 0 Å². The number of aromatic nitrogens is 1. The van der Waals surface area contributed by atoms with E-state index in [1.165, 1.54) is 12.8 Å². The molecule has 0 aliphatic heterocycles. The first-order chi connectivity index (χ1) is 8.20. The standard InChI is InChI=1S/C13H22N4/c1-3-17(11-4-5-11)7-6-15-13-8-10(2)12(14)9-16-13/h8-9,11H,3-7,14H2,1-2H3,(H,15,16). The Balaban J connectivity index is 1.78. The topological polar surface area (TPSA) is 54.2 Å². The van der Waals surface area contributed by atoms with Crippen LogP contribution in [0.25, 0.3) is 0 Å². The van der Waals surface area contributed by atoms with Gasteiger partial charge in [-0.1, -0.05) is 6.92 Å². The van der Waals surface area contributed by atoms with E-state index in [4.69, 9.17) is 5.73 Å². The molecule has 4 heteroatoms. The number of pyridine rings is 1. The van der Waals surface area contributed by atoms with Gasteiger partial charge in [0.05, 0.1) is 11.9 Å². The lowest BCUT2D eigenvalue weighted by Gasteiger charge is -2.20. The van der Waals surface area contributed by atoms with Crippen molar-refractivity contribution in [1.82, 2.24) is 9.88 Å². The predicted octanol–water partition coefficient (Wildman–Crippen LogP) is 1.87. The number of anilines is 2. The number of nitrogens with one attached hydrogen (secondary N) is 1. The number of hydrogen-bond donors (Lipinski definition) is 2. The van der Waals surface area contributed by atoms with E-state index in [1.54, 1.807) is 6.20 Å². The van der Waals surface area contributed by atoms with Crippen molar-refractivity contribution < 1.29 is 0 Å². The summed E-state index contributed by atoms with van der Waals surface area (Å²) in [6.45, 7) is 7.40. The maximum Gasteiger partial charge on any atom is 0.126 e. The van der Waals surface area contributed by atoms with Gasteiger partial charge in [-0.25, -0.2) is 4.98 Å². The van der Waals surface area contributed by atoms with Crippen molar-refractivity contribution in [1.29, 1.82) is 0 Å². The van der Waals surface area contributed by atoms with Gasteiger partial charge in [0.15, 0.2) is 0 Å². The Hall–Kier alpha value is -1.29. The van der Waals surface area contributed by atoms with Crippen LogP contribution >= 0.6 is 0 Å². The second kappa shape index (κ2) is 5.36. The van der Waals surface area contributed by atoms with Crippen molar-refractivity contribution in [2.75, 3.05) is 30.7 Å². The second-order valence-electron chi connectivity index (χ2n) is 4.71. The van der Waals surface area contributed by atoms with E-state index in [1.807, 2.05) is 13.0 Å². The maximum absolute atomic E-state index is 5.74. The molecule has 1 fully saturated rings. The molecule has 0 saturated heterocycles. The first-order valence-electron chi connectivity index (χ1n) is 6.40. The molecule has 1 aliphatic rings. The molecule has 17 heavy (non-hydrogen) atoms. The third-order valence-corrected chi connectivity index (χ3v) is 3.33. The van der Waals surface area contributed by atoms with Crippen LogP contribution in [0.15, 0.2) is 12.3 Å². The number of nitrogens with two attached hydrogens (primary N) is 1. The van der Waals surface area contributed by atoms with Gasteiger partial charge in [0.25, 0.3) is 0 Å². The average Bonchev–Trinajstić information content (AvgIpc) is 3.13. The summed E-state index contributed by atoms with van der Waals surface area (Å²) in [5.74, 6) is 0.920. The molecule has 0 unspecified atom stereocenters. The van der Waals surface area contributed by atoms with E-state index in [0.717, 1.165) is 42.7 Å². The summed E-state index contributed by atoms with van der Waals surface area (Å²) < 4.78 is 0. The van der Waals surface area contributed by atoms with Crippen molar-refractivity contribution >= 4 is 11.5 Å². The summed E-state index contributed by atoms with van der Waals surface area (Å²) in [4.78, 5) is 6.79. The van der Waals surface area contributed by atoms with Crippen molar-refractivity contribution in [2.24, 2.45) is 0 Å². The van der Waals surface area contributed by atoms with Gasteiger partial charge >= 0.3 is 0 Å². The molecular formula is C13H22N4. The lowest BCUT2D eigenvalue weighted by atomic mass is 10.2. The zero-order valence-electron chi connectivity index (χ0n) is 10.7. The molecule has 2 rings (SSSR count). The molecule has 1 heterocycles. The summed E-state index contributed by atoms with van der Waals surface area (Å²) in [6, 6.07) is 2.84. The molecule has 3 N–H and O–H groups in total. The predicted molar refractivity (Wildman–Crippen MR) is 72.1 cm³/mol. The number of likely N-dealkylation sites (N-methyl/N-ethyl adjacent to an activating group) is 1. The first-order valence-corrected chi connectivity index (χ1v) is 6.40. The fraction of sp³-hybridized carbons (Fsp3) is 0.615. The Bertz CT molecular complexity index is 374. The van der Waals surface area contributed by atoms with Crippen LogP contribution in [0.5, 0.6) is 0 Å². The Labute approximate surface area is 103 Å². The molecule has 1 aromatic rings. The molecular weight excluding hydrogens is 212 g/mol. The van der Waals surface area contributed by atoms with E-state index in [2.05, 4.69) is 22.1 Å². The van der Waals surface area contributed by atoms with Crippen LogP contribution in [0.4, 0.5) is 11.5 Å². The van der Waals surface area contributed by atoms with Crippen LogP contribution in [0.1, 0.15) is 25.3 Å². The molecule has 94 valence electrons. The highest BCUT2D eigenvalue weighted by Crippen LogP contribution is 2.26. The van der Waals surface area contributed by atoms with E-state index in [0.29, 0.717) is 0 Å². The Morgan fingerprint density at radius 3 is 2.88 bits per heavy atom. The van der Waals surface area contributed by atoms with Crippen molar-refractivity contribution in [3.05, 3.63) is 17.8 Å². The maximum atomic E-state index is 5.74. The molecule has 1 aliphatic carbocycles. The molecule has 0 radical (unpaired) electrons. The van der Waals surface area contributed by atoms with Crippen molar-refractivity contribution in [3.8, 4) is 0 Å². The highest BCUT2D eigenvalue weighted by atomic mass is 15.2. The quantitative estimate of drug-likeness (QED) is 0.789. The van der Waals surface area contributed by atoms with Gasteiger partial charge in [0.1, 0.15) is 5.82 Å². The molecule has 0 spiro atoms. The zero-order valence-corrected chi connectivity index (χ0v) is 10.7. The molecule has 4 nitrogen and oxygen atoms in total. The minimum absolute atomic E-state index is 0.753. The fourth-order valence-electron chi connectivity index (χ4n) is 2.03. The summed E-state index contributed by atoms with van der Waals surface area (Å²) in [5.41, 5.74) is 7.57. The summed E-state index contributed by atoms with van der Waals surface area (Å²) >= 11 is 0. The highest BCUT2D eigenvalue weighted by Gasteiger charge is 2.27. The molecule has 0 bridgehead atoms. The number of aryl methyl sites for hydroxylation is 1. The monoisotopic (exact) mass is 234 g/mol. The lowest BCUT2D eigenvalue weighted by molar-refractivity contribution is 0.289. The summed E-state index contributed by atoms with van der Waals surface area (Å²) in [7, 11) is 0. The summed E-state index contributed by atoms with van der Waals surface area (Å²) in [6.07, 6.45) is 4.45. The van der Waals surface area contributed by atoms with Gasteiger partial charge in [0.2, 0.25) is 0 Å². The number of nitrogens with zero attached hydrogens (tertiary/aromatic N) is 2. The number of nitrogen functional groups attached to an aromatic ring is 1. The van der Waals surface area contributed by atoms with Gasteiger partial charge in [0, 0.05) is 19.1 Å². The van der Waals surface area contributed by atoms with Gasteiger partial charge in [-0.2, -0.15) is 0 Å². The SMILES string of the molecule is CCN(CCNc1cc(C)c(N)cn1)C1CC1. The van der Waals surface area contributed by atoms with Crippen LogP contribution in [-0.2, 0) is 0 Å². The number of hydrogen-bond acceptors (Lipinski definition) is 4. The van der Waals surface area contributed by atoms with E-state index in [9.17, 15) is 0 Å². The normalized spacial score (nSPS) is 15.2. The van der Waals surface area contributed by atoms with Gasteiger partial charge in [-0.3, -0.25) is 4.90 Å². The van der Waals surface area contributed by atoms with Gasteiger partial charge < -0.3 is 11.1 Å². The van der Waals surface area contributed by atoms with Crippen LogP contribution in [0, 0.1) is 6.92 Å². The van der Waals surface area contributed by atoms with E-state index in [-0.39, 0.29) is 0 Å². The fourth-order valence-corrected chi connectivity index (χ4v) is 2.03. The van der Waals surface area contributed by atoms with E-state index < -0.39 is 0 Å². The Kier molecular flexibility index (Phi) is 3.84. The van der Waals surface area contributed by atoms with Crippen LogP contribution in [0.3, 0.4) is 0 Å². The largest absolute Gasteiger partial charge is 0.397 e. The third kappa shape index (κ3) is 3.33. The Morgan fingerprint density at radius 1 is 1.53 bits per heavy atom. The minimum Gasteiger partial charge on any atom is -0.397 e. The second-order valence-corrected chi connectivity index (χ2v) is 4.71. The molecule has 0 atom stereocenters. The van der Waals surface area contributed by atoms with E-state index >= 15 is 0 Å². The zero-order chi connectivity index (χ0) is 12.3. The smallest absolute Gasteiger partial charge is 0.126 e. The Morgan fingerprint density at radius 2 is 2.29 bits per heavy atom. The molecule has 0 amide bonds. The average molecular weight is 234 g/mol. The van der Waals surface area contributed by atoms with Gasteiger partial charge in [-0.15, -0.1) is 0 Å². The van der Waals surface area contributed by atoms with Crippen LogP contribution in [0.2, 0.25) is 0 Å². The minimum atomic E-state index is 0.753. The molecule has 1 aromatic heterocycles. The molecule has 1 saturated carbocycles. The number of rotatable bonds is 6. The third-order valence-electron chi connectivity index (χ3n) is 3.33. The highest BCUT2D eigenvalue weighted by molar-refractivity contribution is 5.50. The lowest BCUT2D eigenvalue weighted by Crippen LogP contribution is -2.31. The van der Waals surface area contributed by atoms with Crippen LogP contribution < -0.4 is 11.1 Å².